The number of hydrogen-bond acceptors (Lipinski definition) is 1. The molecule has 0 saturated carbocycles. The van der Waals surface area contributed by atoms with Crippen molar-refractivity contribution in [3.63, 3.8) is 0 Å². The van der Waals surface area contributed by atoms with Gasteiger partial charge in [-0.2, -0.15) is 0 Å². The Kier molecular flexibility index (Phi) is 3.45. The number of hydrogen-bond donors (Lipinski definition) is 1. The maximum atomic E-state index is 11.7. The first-order chi connectivity index (χ1) is 6.11. The maximum absolute atomic E-state index is 11.7. The molecule has 1 saturated heterocycles. The molecule has 1 aliphatic rings. The molecule has 0 radical (unpaired) electrons. The van der Waals surface area contributed by atoms with Crippen LogP contribution in [0, 0.1) is 0 Å². The number of nitrogens with one attached hydrogen (secondary N) is 1. The highest BCUT2D eigenvalue weighted by molar-refractivity contribution is 5.74. The minimum atomic E-state index is -2.47. The molecule has 0 spiro atoms. The fourth-order valence-electron chi connectivity index (χ4n) is 1.50. The van der Waals surface area contributed by atoms with Crippen LogP contribution in [0.25, 0.3) is 0 Å². The van der Waals surface area contributed by atoms with Crippen LogP contribution in [0.2, 0.25) is 0 Å². The molecule has 1 N–H and O–H groups in total. The Labute approximate surface area is 76.1 Å². The maximum Gasteiger partial charge on any atom is 0.317 e. The van der Waals surface area contributed by atoms with Crippen LogP contribution in [-0.2, 0) is 0 Å². The van der Waals surface area contributed by atoms with Gasteiger partial charge < -0.3 is 10.2 Å². The molecule has 0 aliphatic carbocycles. The van der Waals surface area contributed by atoms with Gasteiger partial charge in [-0.1, -0.05) is 0 Å². The molecule has 0 aromatic heterocycles. The summed E-state index contributed by atoms with van der Waals surface area (Å²) in [5.74, 6) is 0. The lowest BCUT2D eigenvalue weighted by Gasteiger charge is -2.21. The molecule has 1 rings (SSSR count). The van der Waals surface area contributed by atoms with Crippen LogP contribution >= 0.6 is 0 Å². The number of alkyl halides is 2. The summed E-state index contributed by atoms with van der Waals surface area (Å²) < 4.78 is 23.5. The van der Waals surface area contributed by atoms with E-state index < -0.39 is 13.0 Å². The van der Waals surface area contributed by atoms with Crippen molar-refractivity contribution in [3.8, 4) is 0 Å². The zero-order chi connectivity index (χ0) is 9.84. The third-order valence-electron chi connectivity index (χ3n) is 2.22. The molecular weight excluding hydrogens is 178 g/mol. The zero-order valence-corrected chi connectivity index (χ0v) is 7.59. The summed E-state index contributed by atoms with van der Waals surface area (Å²) in [6.07, 6.45) is -0.549. The smallest absolute Gasteiger partial charge is 0.317 e. The van der Waals surface area contributed by atoms with Crippen molar-refractivity contribution >= 4 is 6.03 Å². The van der Waals surface area contributed by atoms with Crippen molar-refractivity contribution in [2.24, 2.45) is 0 Å². The molecule has 2 amide bonds. The summed E-state index contributed by atoms with van der Waals surface area (Å²) >= 11 is 0. The number of likely N-dealkylation sites (tertiary alicyclic amines) is 1. The summed E-state index contributed by atoms with van der Waals surface area (Å²) in [5.41, 5.74) is 0. The van der Waals surface area contributed by atoms with Crippen molar-refractivity contribution in [3.05, 3.63) is 0 Å². The van der Waals surface area contributed by atoms with E-state index >= 15 is 0 Å². The monoisotopic (exact) mass is 192 g/mol. The van der Waals surface area contributed by atoms with Crippen LogP contribution in [0.3, 0.4) is 0 Å². The van der Waals surface area contributed by atoms with Crippen LogP contribution in [-0.4, -0.2) is 36.5 Å². The molecule has 3 nitrogen and oxygen atoms in total. The second-order valence-corrected chi connectivity index (χ2v) is 3.26. The molecule has 1 fully saturated rings. The van der Waals surface area contributed by atoms with Crippen LogP contribution in [0.1, 0.15) is 19.8 Å². The topological polar surface area (TPSA) is 32.3 Å². The molecule has 5 heteroatoms. The largest absolute Gasteiger partial charge is 0.332 e. The van der Waals surface area contributed by atoms with E-state index in [0.29, 0.717) is 6.54 Å². The Bertz CT molecular complexity index is 187. The van der Waals surface area contributed by atoms with E-state index in [1.54, 1.807) is 4.90 Å². The van der Waals surface area contributed by atoms with Gasteiger partial charge in [0, 0.05) is 12.6 Å². The summed E-state index contributed by atoms with van der Waals surface area (Å²) in [5, 5.41) is 2.19. The van der Waals surface area contributed by atoms with Gasteiger partial charge in [0.15, 0.2) is 0 Å². The number of rotatable bonds is 2. The number of amides is 2. The summed E-state index contributed by atoms with van der Waals surface area (Å²) in [7, 11) is 0. The van der Waals surface area contributed by atoms with Crippen molar-refractivity contribution in [2.75, 3.05) is 13.1 Å². The van der Waals surface area contributed by atoms with Crippen LogP contribution in [0.4, 0.5) is 13.6 Å². The normalized spacial score (nSPS) is 22.5. The number of carbonyl (C=O) groups excluding carboxylic acids is 1. The third-order valence-corrected chi connectivity index (χ3v) is 2.22. The lowest BCUT2D eigenvalue weighted by atomic mass is 10.2. The summed E-state index contributed by atoms with van der Waals surface area (Å²) in [4.78, 5) is 12.8. The minimum Gasteiger partial charge on any atom is -0.332 e. The lowest BCUT2D eigenvalue weighted by Crippen LogP contribution is -2.43. The number of halogens is 2. The lowest BCUT2D eigenvalue weighted by molar-refractivity contribution is 0.139. The number of carbonyl (C=O) groups is 1. The third kappa shape index (κ3) is 2.82. The highest BCUT2D eigenvalue weighted by Gasteiger charge is 2.24. The van der Waals surface area contributed by atoms with Gasteiger partial charge >= 0.3 is 6.03 Å². The average molecular weight is 192 g/mol. The van der Waals surface area contributed by atoms with Gasteiger partial charge in [-0.25, -0.2) is 13.6 Å². The highest BCUT2D eigenvalue weighted by Crippen LogP contribution is 2.15. The van der Waals surface area contributed by atoms with E-state index in [9.17, 15) is 13.6 Å². The van der Waals surface area contributed by atoms with Crippen LogP contribution < -0.4 is 5.32 Å². The first-order valence-corrected chi connectivity index (χ1v) is 4.44. The summed E-state index contributed by atoms with van der Waals surface area (Å²) in [6.45, 7) is 2.05. The van der Waals surface area contributed by atoms with Gasteiger partial charge in [0.1, 0.15) is 0 Å². The Balaban J connectivity index is 2.30. The van der Waals surface area contributed by atoms with Gasteiger partial charge in [-0.3, -0.25) is 0 Å². The molecule has 1 atom stereocenters. The van der Waals surface area contributed by atoms with Crippen molar-refractivity contribution in [1.29, 1.82) is 0 Å². The molecule has 76 valence electrons. The average Bonchev–Trinajstić information content (AvgIpc) is 2.47. The molecule has 0 aromatic carbocycles. The van der Waals surface area contributed by atoms with Crippen LogP contribution in [0.5, 0.6) is 0 Å². The van der Waals surface area contributed by atoms with Gasteiger partial charge in [-0.15, -0.1) is 0 Å². The second-order valence-electron chi connectivity index (χ2n) is 3.26. The van der Waals surface area contributed by atoms with Gasteiger partial charge in [0.05, 0.1) is 6.54 Å². The van der Waals surface area contributed by atoms with E-state index in [4.69, 9.17) is 0 Å². The second kappa shape index (κ2) is 4.39. The van der Waals surface area contributed by atoms with Crippen molar-refractivity contribution in [2.45, 2.75) is 32.2 Å². The van der Waals surface area contributed by atoms with E-state index in [2.05, 4.69) is 5.32 Å². The van der Waals surface area contributed by atoms with Gasteiger partial charge in [0.25, 0.3) is 6.43 Å². The summed E-state index contributed by atoms with van der Waals surface area (Å²) in [6, 6.07) is -0.192. The van der Waals surface area contributed by atoms with Gasteiger partial charge in [-0.05, 0) is 19.8 Å². The predicted octanol–water partition coefficient (Wildman–Crippen LogP) is 1.45. The molecule has 1 unspecified atom stereocenters. The molecule has 13 heavy (non-hydrogen) atoms. The molecule has 0 aromatic rings. The fourth-order valence-corrected chi connectivity index (χ4v) is 1.50. The molecule has 0 bridgehead atoms. The van der Waals surface area contributed by atoms with E-state index in [1.807, 2.05) is 6.92 Å². The Hall–Kier alpha value is -0.870. The molecule has 1 heterocycles. The van der Waals surface area contributed by atoms with E-state index in [0.717, 1.165) is 12.8 Å². The zero-order valence-electron chi connectivity index (χ0n) is 7.59. The molecule has 1 aliphatic heterocycles. The number of nitrogens with zero attached hydrogens (tertiary/aromatic N) is 1. The highest BCUT2D eigenvalue weighted by atomic mass is 19.3. The first kappa shape index (κ1) is 10.2. The van der Waals surface area contributed by atoms with Crippen molar-refractivity contribution < 1.29 is 13.6 Å². The SMILES string of the molecule is CC1CCCN1C(=O)NCC(F)F. The molecular formula is C8H14F2N2O. The van der Waals surface area contributed by atoms with Gasteiger partial charge in [0.2, 0.25) is 0 Å². The van der Waals surface area contributed by atoms with Crippen LogP contribution in [0.15, 0.2) is 0 Å². The van der Waals surface area contributed by atoms with Crippen molar-refractivity contribution in [1.82, 2.24) is 10.2 Å². The quantitative estimate of drug-likeness (QED) is 0.705. The standard InChI is InChI=1S/C8H14F2N2O/c1-6-3-2-4-12(6)8(13)11-5-7(9)10/h6-7H,2-5H2,1H3,(H,11,13). The first-order valence-electron chi connectivity index (χ1n) is 4.44. The number of urea groups is 1. The fraction of sp³-hybridized carbons (Fsp3) is 0.875. The van der Waals surface area contributed by atoms with E-state index in [1.165, 1.54) is 0 Å². The minimum absolute atomic E-state index is 0.178. The Morgan fingerprint density at radius 2 is 2.38 bits per heavy atom. The Morgan fingerprint density at radius 3 is 2.85 bits per heavy atom. The Morgan fingerprint density at radius 1 is 1.69 bits per heavy atom. The predicted molar refractivity (Wildman–Crippen MR) is 44.8 cm³/mol. The van der Waals surface area contributed by atoms with E-state index in [-0.39, 0.29) is 12.1 Å².